The molecule has 0 aromatic heterocycles. The normalized spacial score (nSPS) is 15.9. The Morgan fingerprint density at radius 3 is 2.71 bits per heavy atom. The Bertz CT molecular complexity index is 417. The molecule has 3 nitrogen and oxygen atoms in total. The first-order chi connectivity index (χ1) is 8.24. The minimum absolute atomic E-state index is 0.469. The fourth-order valence-electron chi connectivity index (χ4n) is 2.01. The van der Waals surface area contributed by atoms with E-state index in [1.165, 1.54) is 0 Å². The van der Waals surface area contributed by atoms with Gasteiger partial charge in [0, 0.05) is 29.2 Å². The summed E-state index contributed by atoms with van der Waals surface area (Å²) in [6, 6.07) is 6.20. The van der Waals surface area contributed by atoms with Crippen LogP contribution in [-0.4, -0.2) is 37.5 Å². The second kappa shape index (κ2) is 5.71. The number of nitrogens with zero attached hydrogens (tertiary/aromatic N) is 1. The first kappa shape index (κ1) is 12.7. The van der Waals surface area contributed by atoms with Crippen molar-refractivity contribution in [3.8, 4) is 0 Å². The van der Waals surface area contributed by atoms with Crippen LogP contribution >= 0.6 is 24.0 Å². The monoisotopic (exact) mass is 268 g/mol. The predicted octanol–water partition coefficient (Wildman–Crippen LogP) is 1.88. The maximum Gasteiger partial charge on any atom is 0.107 e. The van der Waals surface area contributed by atoms with Gasteiger partial charge < -0.3 is 15.4 Å². The highest BCUT2D eigenvalue weighted by atomic mass is 32.2. The molecule has 1 aromatic carbocycles. The van der Waals surface area contributed by atoms with E-state index in [4.69, 9.17) is 22.7 Å². The zero-order chi connectivity index (χ0) is 12.3. The van der Waals surface area contributed by atoms with Crippen molar-refractivity contribution < 1.29 is 4.74 Å². The van der Waals surface area contributed by atoms with Crippen LogP contribution in [0.25, 0.3) is 0 Å². The van der Waals surface area contributed by atoms with Gasteiger partial charge in [0.2, 0.25) is 0 Å². The highest BCUT2D eigenvalue weighted by Gasteiger charge is 2.18. The summed E-state index contributed by atoms with van der Waals surface area (Å²) in [5, 5.41) is 0. The van der Waals surface area contributed by atoms with Crippen LogP contribution in [-0.2, 0) is 4.74 Å². The summed E-state index contributed by atoms with van der Waals surface area (Å²) >= 11 is 6.86. The van der Waals surface area contributed by atoms with Crippen molar-refractivity contribution in [3.63, 3.8) is 0 Å². The van der Waals surface area contributed by atoms with Gasteiger partial charge in [-0.25, -0.2) is 0 Å². The maximum atomic E-state index is 5.86. The molecule has 0 atom stereocenters. The molecule has 1 aliphatic rings. The summed E-state index contributed by atoms with van der Waals surface area (Å²) in [6.45, 7) is 3.32. The molecule has 17 heavy (non-hydrogen) atoms. The van der Waals surface area contributed by atoms with E-state index in [1.807, 2.05) is 6.26 Å². The number of anilines is 1. The van der Waals surface area contributed by atoms with E-state index in [2.05, 4.69) is 23.1 Å². The fraction of sp³-hybridized carbons (Fsp3) is 0.417. The van der Waals surface area contributed by atoms with E-state index in [0.29, 0.717) is 4.99 Å². The Hall–Kier alpha value is -0.780. The number of hydrogen-bond acceptors (Lipinski definition) is 4. The fourth-order valence-corrected chi connectivity index (χ4v) is 2.92. The standard InChI is InChI=1S/C12H16N2OS2/c1-17-10-4-2-3-9(11(10)12(13)16)14-5-7-15-8-6-14/h2-4H,5-8H2,1H3,(H2,13,16). The average Bonchev–Trinajstić information content (AvgIpc) is 2.38. The number of benzene rings is 1. The number of thiocarbonyl (C=S) groups is 1. The van der Waals surface area contributed by atoms with E-state index >= 15 is 0 Å². The molecule has 0 aliphatic carbocycles. The van der Waals surface area contributed by atoms with E-state index < -0.39 is 0 Å². The van der Waals surface area contributed by atoms with Crippen molar-refractivity contribution in [3.05, 3.63) is 23.8 Å². The van der Waals surface area contributed by atoms with Gasteiger partial charge in [-0.05, 0) is 18.4 Å². The van der Waals surface area contributed by atoms with Gasteiger partial charge in [-0.2, -0.15) is 0 Å². The SMILES string of the molecule is CSc1cccc(N2CCOCC2)c1C(N)=S. The van der Waals surface area contributed by atoms with Crippen LogP contribution in [0, 0.1) is 0 Å². The summed E-state index contributed by atoms with van der Waals surface area (Å²) in [4.78, 5) is 3.90. The molecule has 1 aliphatic heterocycles. The van der Waals surface area contributed by atoms with Crippen LogP contribution in [0.5, 0.6) is 0 Å². The number of hydrogen-bond donors (Lipinski definition) is 1. The van der Waals surface area contributed by atoms with Gasteiger partial charge in [-0.3, -0.25) is 0 Å². The molecule has 2 N–H and O–H groups in total. The molecule has 0 amide bonds. The minimum Gasteiger partial charge on any atom is -0.389 e. The lowest BCUT2D eigenvalue weighted by molar-refractivity contribution is 0.122. The summed E-state index contributed by atoms with van der Waals surface area (Å²) in [5.74, 6) is 0. The lowest BCUT2D eigenvalue weighted by Crippen LogP contribution is -2.37. The van der Waals surface area contributed by atoms with Crippen LogP contribution in [0.4, 0.5) is 5.69 Å². The van der Waals surface area contributed by atoms with Gasteiger partial charge in [-0.1, -0.05) is 18.3 Å². The first-order valence-electron chi connectivity index (χ1n) is 5.53. The molecule has 1 fully saturated rings. The predicted molar refractivity (Wildman–Crippen MR) is 77.1 cm³/mol. The molecule has 1 saturated heterocycles. The zero-order valence-electron chi connectivity index (χ0n) is 9.81. The van der Waals surface area contributed by atoms with Gasteiger partial charge >= 0.3 is 0 Å². The first-order valence-corrected chi connectivity index (χ1v) is 7.17. The van der Waals surface area contributed by atoms with Crippen LogP contribution in [0.1, 0.15) is 5.56 Å². The maximum absolute atomic E-state index is 5.86. The molecular formula is C12H16N2OS2. The molecule has 0 spiro atoms. The van der Waals surface area contributed by atoms with Crippen molar-refractivity contribution in [2.24, 2.45) is 5.73 Å². The largest absolute Gasteiger partial charge is 0.389 e. The second-order valence-corrected chi connectivity index (χ2v) is 5.11. The number of thioether (sulfide) groups is 1. The van der Waals surface area contributed by atoms with Crippen molar-refractivity contribution >= 4 is 34.7 Å². The van der Waals surface area contributed by atoms with Crippen LogP contribution in [0.15, 0.2) is 23.1 Å². The Labute approximate surface area is 111 Å². The Kier molecular flexibility index (Phi) is 4.25. The molecule has 1 aromatic rings. The Balaban J connectivity index is 2.40. The van der Waals surface area contributed by atoms with E-state index in [1.54, 1.807) is 11.8 Å². The van der Waals surface area contributed by atoms with Crippen LogP contribution < -0.4 is 10.6 Å². The lowest BCUT2D eigenvalue weighted by atomic mass is 10.1. The number of morpholine rings is 1. The van der Waals surface area contributed by atoms with E-state index in [0.717, 1.165) is 42.4 Å². The number of nitrogens with two attached hydrogens (primary N) is 1. The average molecular weight is 268 g/mol. The molecule has 0 radical (unpaired) electrons. The van der Waals surface area contributed by atoms with E-state index in [-0.39, 0.29) is 0 Å². The van der Waals surface area contributed by atoms with Gasteiger partial charge in [0.05, 0.1) is 13.2 Å². The third-order valence-corrected chi connectivity index (χ3v) is 3.81. The smallest absolute Gasteiger partial charge is 0.107 e. The van der Waals surface area contributed by atoms with Gasteiger partial charge in [0.15, 0.2) is 0 Å². The molecule has 1 heterocycles. The molecule has 0 unspecified atom stereocenters. The van der Waals surface area contributed by atoms with E-state index in [9.17, 15) is 0 Å². The number of ether oxygens (including phenoxy) is 1. The molecule has 5 heteroatoms. The van der Waals surface area contributed by atoms with Crippen LogP contribution in [0.3, 0.4) is 0 Å². The second-order valence-electron chi connectivity index (χ2n) is 3.82. The third kappa shape index (κ3) is 2.73. The topological polar surface area (TPSA) is 38.5 Å². The van der Waals surface area contributed by atoms with Crippen molar-refractivity contribution in [1.29, 1.82) is 0 Å². The van der Waals surface area contributed by atoms with Gasteiger partial charge in [0.1, 0.15) is 4.99 Å². The summed E-state index contributed by atoms with van der Waals surface area (Å²) in [6.07, 6.45) is 2.04. The molecule has 2 rings (SSSR count). The molecule has 0 saturated carbocycles. The van der Waals surface area contributed by atoms with Gasteiger partial charge in [0.25, 0.3) is 0 Å². The lowest BCUT2D eigenvalue weighted by Gasteiger charge is -2.31. The third-order valence-electron chi connectivity index (χ3n) is 2.82. The molecular weight excluding hydrogens is 252 g/mol. The zero-order valence-corrected chi connectivity index (χ0v) is 11.4. The molecule has 92 valence electrons. The van der Waals surface area contributed by atoms with Crippen molar-refractivity contribution in [2.45, 2.75) is 4.90 Å². The number of rotatable bonds is 3. The summed E-state index contributed by atoms with van der Waals surface area (Å²) in [7, 11) is 0. The van der Waals surface area contributed by atoms with Crippen molar-refractivity contribution in [2.75, 3.05) is 37.5 Å². The molecule has 0 bridgehead atoms. The minimum atomic E-state index is 0.469. The Morgan fingerprint density at radius 2 is 2.12 bits per heavy atom. The van der Waals surface area contributed by atoms with Crippen LogP contribution in [0.2, 0.25) is 0 Å². The summed E-state index contributed by atoms with van der Waals surface area (Å²) < 4.78 is 5.37. The highest BCUT2D eigenvalue weighted by molar-refractivity contribution is 7.98. The van der Waals surface area contributed by atoms with Gasteiger partial charge in [-0.15, -0.1) is 11.8 Å². The summed E-state index contributed by atoms with van der Waals surface area (Å²) in [5.41, 5.74) is 7.99. The van der Waals surface area contributed by atoms with Crippen molar-refractivity contribution in [1.82, 2.24) is 0 Å². The Morgan fingerprint density at radius 1 is 1.41 bits per heavy atom. The highest BCUT2D eigenvalue weighted by Crippen LogP contribution is 2.30. The quantitative estimate of drug-likeness (QED) is 0.669.